The predicted octanol–water partition coefficient (Wildman–Crippen LogP) is 4.67. The van der Waals surface area contributed by atoms with Crippen molar-refractivity contribution in [3.05, 3.63) is 105 Å². The zero-order valence-electron chi connectivity index (χ0n) is 21.4. The highest BCUT2D eigenvalue weighted by Crippen LogP contribution is 2.56. The fraction of sp³-hybridized carbons (Fsp3) is 0.344. The molecular weight excluding hydrogens is 472 g/mol. The first-order valence-electron chi connectivity index (χ1n) is 13.8. The number of fused-ring (bicyclic) bond motifs is 2. The van der Waals surface area contributed by atoms with Gasteiger partial charge in [0.15, 0.2) is 0 Å². The van der Waals surface area contributed by atoms with Crippen molar-refractivity contribution in [3.8, 4) is 16.8 Å². The fourth-order valence-electron chi connectivity index (χ4n) is 7.77. The molecule has 6 aliphatic rings. The lowest BCUT2D eigenvalue weighted by molar-refractivity contribution is -0.0429. The molecule has 0 unspecified atom stereocenters. The number of hydrogen-bond acceptors (Lipinski definition) is 4. The highest BCUT2D eigenvalue weighted by molar-refractivity contribution is 5.80. The molecule has 6 aliphatic carbocycles. The van der Waals surface area contributed by atoms with Gasteiger partial charge >= 0.3 is 0 Å². The van der Waals surface area contributed by atoms with E-state index < -0.39 is 11.1 Å². The zero-order valence-corrected chi connectivity index (χ0v) is 21.4. The normalized spacial score (nSPS) is 26.2. The molecule has 6 nitrogen and oxygen atoms in total. The van der Waals surface area contributed by atoms with E-state index in [0.717, 1.165) is 17.4 Å². The monoisotopic (exact) mass is 504 g/mol. The Morgan fingerprint density at radius 3 is 1.87 bits per heavy atom. The Balaban J connectivity index is 0.000000351. The molecule has 1 heterocycles. The minimum atomic E-state index is -0.483. The van der Waals surface area contributed by atoms with Crippen molar-refractivity contribution in [2.45, 2.75) is 38.6 Å². The smallest absolute Gasteiger partial charge is 0.289 e. The molecule has 0 amide bonds. The van der Waals surface area contributed by atoms with Crippen LogP contribution < -0.4 is 22.3 Å². The molecule has 2 aromatic carbocycles. The van der Waals surface area contributed by atoms with Crippen LogP contribution in [0.1, 0.15) is 32.1 Å². The fourth-order valence-corrected chi connectivity index (χ4v) is 7.77. The molecule has 0 saturated heterocycles. The summed E-state index contributed by atoms with van der Waals surface area (Å²) in [5.74, 6) is 9.20. The third-order valence-electron chi connectivity index (χ3n) is 9.34. The molecule has 6 heteroatoms. The summed E-state index contributed by atoms with van der Waals surface area (Å²) in [5, 5.41) is 3.48. The van der Waals surface area contributed by atoms with Crippen molar-refractivity contribution in [3.63, 3.8) is 0 Å². The second-order valence-corrected chi connectivity index (χ2v) is 11.5. The van der Waals surface area contributed by atoms with Crippen molar-refractivity contribution >= 4 is 11.0 Å². The van der Waals surface area contributed by atoms with E-state index in [-0.39, 0.29) is 5.36 Å². The van der Waals surface area contributed by atoms with Gasteiger partial charge in [-0.15, -0.1) is 0 Å². The number of nitrogens with zero attached hydrogens (tertiary/aromatic N) is 3. The molecule has 0 radical (unpaired) electrons. The number of para-hydroxylation sites is 3. The minimum Gasteiger partial charge on any atom is -0.322 e. The Labute approximate surface area is 221 Å². The molecule has 4 fully saturated rings. The quantitative estimate of drug-likeness (QED) is 0.286. The van der Waals surface area contributed by atoms with Crippen LogP contribution in [0.5, 0.6) is 0 Å². The van der Waals surface area contributed by atoms with Gasteiger partial charge in [-0.1, -0.05) is 48.5 Å². The van der Waals surface area contributed by atoms with Gasteiger partial charge in [-0.05, 0) is 103 Å². The van der Waals surface area contributed by atoms with Crippen molar-refractivity contribution < 1.29 is 0 Å². The van der Waals surface area contributed by atoms with Gasteiger partial charge in [-0.3, -0.25) is 14.2 Å². The second-order valence-electron chi connectivity index (χ2n) is 11.5. The molecule has 0 atom stereocenters. The Hall–Kier alpha value is -3.93. The van der Waals surface area contributed by atoms with Gasteiger partial charge < -0.3 is 10.4 Å². The van der Waals surface area contributed by atoms with E-state index in [1.807, 2.05) is 54.6 Å². The Morgan fingerprint density at radius 2 is 1.32 bits per heavy atom. The SMILES string of the molecule is NN=c1c(=O)n(CC2C3CC4CC(C3)CC2C4)c2ccccc2n(-c2ccccc2)c1=O.c1cc2cc-2c1. The minimum absolute atomic E-state index is 0.214. The number of nitrogens with two attached hydrogens (primary N) is 1. The van der Waals surface area contributed by atoms with Gasteiger partial charge in [0.2, 0.25) is 5.36 Å². The van der Waals surface area contributed by atoms with Crippen LogP contribution in [0.25, 0.3) is 27.8 Å². The van der Waals surface area contributed by atoms with Gasteiger partial charge in [0.1, 0.15) is 0 Å². The summed E-state index contributed by atoms with van der Waals surface area (Å²) in [6, 6.07) is 25.5. The zero-order chi connectivity index (χ0) is 25.8. The van der Waals surface area contributed by atoms with E-state index in [9.17, 15) is 9.59 Å². The Morgan fingerprint density at radius 1 is 0.711 bits per heavy atom. The number of aromatic nitrogens is 2. The summed E-state index contributed by atoms with van der Waals surface area (Å²) in [4.78, 5) is 27.2. The van der Waals surface area contributed by atoms with Crippen molar-refractivity contribution in [1.82, 2.24) is 9.13 Å². The van der Waals surface area contributed by atoms with Crippen LogP contribution in [-0.2, 0) is 6.54 Å². The molecule has 0 aliphatic heterocycles. The third kappa shape index (κ3) is 3.90. The maximum absolute atomic E-state index is 13.7. The predicted molar refractivity (Wildman–Crippen MR) is 150 cm³/mol. The van der Waals surface area contributed by atoms with E-state index in [1.54, 1.807) is 9.13 Å². The van der Waals surface area contributed by atoms with Gasteiger partial charge in [-0.2, -0.15) is 5.10 Å². The number of rotatable bonds is 3. The maximum Gasteiger partial charge on any atom is 0.289 e. The van der Waals surface area contributed by atoms with Crippen molar-refractivity contribution in [2.75, 3.05) is 0 Å². The molecule has 2 N–H and O–H groups in total. The van der Waals surface area contributed by atoms with Crippen LogP contribution in [0.15, 0.2) is 93.6 Å². The summed E-state index contributed by atoms with van der Waals surface area (Å²) in [6.07, 6.45) is 6.54. The molecular formula is C32H32N4O2. The maximum atomic E-state index is 13.7. The summed E-state index contributed by atoms with van der Waals surface area (Å²) in [6.45, 7) is 0.625. The molecule has 4 saturated carbocycles. The number of benzene rings is 3. The highest BCUT2D eigenvalue weighted by atomic mass is 16.1. The first-order chi connectivity index (χ1) is 18.6. The van der Waals surface area contributed by atoms with Crippen LogP contribution in [0.3, 0.4) is 0 Å². The molecule has 4 bridgehead atoms. The Bertz CT molecular complexity index is 1670. The second kappa shape index (κ2) is 9.12. The van der Waals surface area contributed by atoms with Gasteiger partial charge in [0.05, 0.1) is 11.0 Å². The standard InChI is InChI=1S/C26H28N4O2.C6H4/c27-28-24-25(31)29(15-21-18-11-16-10-17(13-18)14-19(21)12-16)22-8-4-5-9-23(22)30(26(24)32)20-6-2-1-3-7-20;1-2-5-4-6(5)3-1/h1-9,16-19,21H,10-15,27H2;1-4H. The molecule has 9 rings (SSSR count). The average Bonchev–Trinajstić information content (AvgIpc) is 3.55. The van der Waals surface area contributed by atoms with Crippen molar-refractivity contribution in [1.29, 1.82) is 0 Å². The van der Waals surface area contributed by atoms with E-state index in [0.29, 0.717) is 35.5 Å². The van der Waals surface area contributed by atoms with Crippen molar-refractivity contribution in [2.24, 2.45) is 40.5 Å². The van der Waals surface area contributed by atoms with E-state index >= 15 is 0 Å². The lowest BCUT2D eigenvalue weighted by atomic mass is 9.52. The van der Waals surface area contributed by atoms with Crippen LogP contribution in [0.4, 0.5) is 0 Å². The molecule has 1 aromatic heterocycles. The number of hydrogen-bond donors (Lipinski definition) is 1. The topological polar surface area (TPSA) is 82.4 Å². The molecule has 192 valence electrons. The lowest BCUT2D eigenvalue weighted by Gasteiger charge is -2.54. The largest absolute Gasteiger partial charge is 0.322 e. The lowest BCUT2D eigenvalue weighted by Crippen LogP contribution is -2.49. The Kier molecular flexibility index (Phi) is 5.57. The van der Waals surface area contributed by atoms with Crippen LogP contribution in [0, 0.1) is 29.6 Å². The first-order valence-corrected chi connectivity index (χ1v) is 13.8. The summed E-state index contributed by atoms with van der Waals surface area (Å²) in [7, 11) is 0. The van der Waals surface area contributed by atoms with Gasteiger partial charge in [-0.25, -0.2) is 0 Å². The van der Waals surface area contributed by atoms with Crippen LogP contribution in [0.2, 0.25) is 0 Å². The van der Waals surface area contributed by atoms with E-state index in [2.05, 4.69) is 29.4 Å². The van der Waals surface area contributed by atoms with Gasteiger partial charge in [0, 0.05) is 12.2 Å². The summed E-state index contributed by atoms with van der Waals surface area (Å²) >= 11 is 0. The van der Waals surface area contributed by atoms with Crippen LogP contribution in [-0.4, -0.2) is 9.13 Å². The first kappa shape index (κ1) is 23.2. The highest BCUT2D eigenvalue weighted by Gasteiger charge is 2.48. The molecule has 3 aromatic rings. The average molecular weight is 505 g/mol. The van der Waals surface area contributed by atoms with E-state index in [4.69, 9.17) is 5.84 Å². The molecule has 38 heavy (non-hydrogen) atoms. The van der Waals surface area contributed by atoms with E-state index in [1.165, 1.54) is 43.2 Å². The van der Waals surface area contributed by atoms with Gasteiger partial charge in [0.25, 0.3) is 11.1 Å². The summed E-state index contributed by atoms with van der Waals surface area (Å²) < 4.78 is 3.35. The third-order valence-corrected chi connectivity index (χ3v) is 9.34. The van der Waals surface area contributed by atoms with Crippen LogP contribution >= 0.6 is 0 Å². The summed E-state index contributed by atoms with van der Waals surface area (Å²) in [5.41, 5.74) is 4.11. The molecule has 0 spiro atoms.